The average Bonchev–Trinajstić information content (AvgIpc) is 2.78. The molecule has 0 saturated carbocycles. The Kier molecular flexibility index (Phi) is 3.51. The first-order valence-corrected chi connectivity index (χ1v) is 9.91. The van der Waals surface area contributed by atoms with E-state index in [1.165, 1.54) is 48.8 Å². The standard InChI is InChI=1S/C28H17B/c29-27-17-21-13-12-20(23-11-5-8-18-6-1-3-9-22(18)23)16-26(21)25-15-14-19-7-2-4-10-24(19)28(25)27/h1-17H. The maximum atomic E-state index is 6.51. The SMILES string of the molecule is [B]c1cc2ccc(-c3cccc4ccccc34)cc2c2ccc3ccccc3c12. The Balaban J connectivity index is 1.72. The zero-order valence-electron chi connectivity index (χ0n) is 15.9. The molecule has 0 aromatic heterocycles. The maximum absolute atomic E-state index is 6.51. The lowest BCUT2D eigenvalue weighted by Gasteiger charge is -2.13. The molecule has 0 amide bonds. The van der Waals surface area contributed by atoms with E-state index >= 15 is 0 Å². The molecule has 0 nitrogen and oxygen atoms in total. The second-order valence-electron chi connectivity index (χ2n) is 7.64. The van der Waals surface area contributed by atoms with E-state index in [2.05, 4.69) is 103 Å². The van der Waals surface area contributed by atoms with Gasteiger partial charge in [0.25, 0.3) is 0 Å². The fourth-order valence-electron chi connectivity index (χ4n) is 4.61. The monoisotopic (exact) mass is 364 g/mol. The summed E-state index contributed by atoms with van der Waals surface area (Å²) >= 11 is 0. The normalized spacial score (nSPS) is 11.6. The van der Waals surface area contributed by atoms with E-state index in [4.69, 9.17) is 7.85 Å². The molecule has 6 aromatic rings. The predicted octanol–water partition coefficient (Wildman–Crippen LogP) is 6.76. The molecule has 0 spiro atoms. The van der Waals surface area contributed by atoms with Gasteiger partial charge in [-0.05, 0) is 60.3 Å². The van der Waals surface area contributed by atoms with Crippen molar-refractivity contribution in [2.24, 2.45) is 0 Å². The van der Waals surface area contributed by atoms with E-state index < -0.39 is 0 Å². The van der Waals surface area contributed by atoms with Crippen LogP contribution in [0.4, 0.5) is 0 Å². The Hall–Kier alpha value is -3.58. The molecule has 0 bridgehead atoms. The van der Waals surface area contributed by atoms with E-state index in [9.17, 15) is 0 Å². The van der Waals surface area contributed by atoms with Crippen LogP contribution >= 0.6 is 0 Å². The van der Waals surface area contributed by atoms with Crippen LogP contribution in [-0.4, -0.2) is 7.85 Å². The third-order valence-corrected chi connectivity index (χ3v) is 5.97. The third-order valence-electron chi connectivity index (χ3n) is 5.97. The summed E-state index contributed by atoms with van der Waals surface area (Å²) in [5.41, 5.74) is 3.33. The van der Waals surface area contributed by atoms with Gasteiger partial charge < -0.3 is 0 Å². The summed E-state index contributed by atoms with van der Waals surface area (Å²) in [7, 11) is 6.51. The number of hydrogen-bond donors (Lipinski definition) is 0. The molecule has 0 fully saturated rings. The predicted molar refractivity (Wildman–Crippen MR) is 127 cm³/mol. The van der Waals surface area contributed by atoms with Gasteiger partial charge in [0, 0.05) is 0 Å². The molecular formula is C28H17B. The minimum absolute atomic E-state index is 0.835. The van der Waals surface area contributed by atoms with Crippen molar-refractivity contribution >= 4 is 56.4 Å². The van der Waals surface area contributed by atoms with E-state index in [-0.39, 0.29) is 0 Å². The van der Waals surface area contributed by atoms with Crippen LogP contribution in [0, 0.1) is 0 Å². The second kappa shape index (κ2) is 6.22. The van der Waals surface area contributed by atoms with Crippen molar-refractivity contribution in [1.29, 1.82) is 0 Å². The molecule has 1 heteroatoms. The smallest absolute Gasteiger partial charge is 0.0877 e. The number of hydrogen-bond acceptors (Lipinski definition) is 0. The molecule has 0 unspecified atom stereocenters. The number of benzene rings is 6. The van der Waals surface area contributed by atoms with Crippen molar-refractivity contribution in [1.82, 2.24) is 0 Å². The summed E-state index contributed by atoms with van der Waals surface area (Å²) in [5, 5.41) is 9.74. The summed E-state index contributed by atoms with van der Waals surface area (Å²) < 4.78 is 0. The van der Waals surface area contributed by atoms with Gasteiger partial charge in [-0.1, -0.05) is 103 Å². The summed E-state index contributed by atoms with van der Waals surface area (Å²) in [6.45, 7) is 0. The highest BCUT2D eigenvalue weighted by molar-refractivity contribution is 6.44. The number of fused-ring (bicyclic) bond motifs is 6. The lowest BCUT2D eigenvalue weighted by molar-refractivity contribution is 1.69. The molecule has 0 aliphatic carbocycles. The van der Waals surface area contributed by atoms with Crippen LogP contribution in [0.2, 0.25) is 0 Å². The minimum Gasteiger partial charge on any atom is -0.0877 e. The van der Waals surface area contributed by atoms with Gasteiger partial charge >= 0.3 is 0 Å². The molecule has 6 rings (SSSR count). The molecule has 6 aromatic carbocycles. The van der Waals surface area contributed by atoms with Gasteiger partial charge in [-0.3, -0.25) is 0 Å². The Morgan fingerprint density at radius 2 is 1.14 bits per heavy atom. The van der Waals surface area contributed by atoms with Crippen LogP contribution in [0.25, 0.3) is 54.2 Å². The molecule has 29 heavy (non-hydrogen) atoms. The third kappa shape index (κ3) is 2.48. The average molecular weight is 364 g/mol. The molecule has 0 N–H and O–H groups in total. The highest BCUT2D eigenvalue weighted by atomic mass is 14.1. The zero-order chi connectivity index (χ0) is 19.4. The van der Waals surface area contributed by atoms with Gasteiger partial charge in [0.1, 0.15) is 7.85 Å². The Labute approximate surface area is 170 Å². The summed E-state index contributed by atoms with van der Waals surface area (Å²) in [6, 6.07) is 36.8. The van der Waals surface area contributed by atoms with Crippen molar-refractivity contribution in [2.45, 2.75) is 0 Å². The lowest BCUT2D eigenvalue weighted by atomic mass is 9.84. The molecule has 0 aliphatic heterocycles. The number of rotatable bonds is 1. The van der Waals surface area contributed by atoms with E-state index in [0.717, 1.165) is 10.8 Å². The minimum atomic E-state index is 0.835. The molecule has 132 valence electrons. The van der Waals surface area contributed by atoms with Crippen LogP contribution in [0.5, 0.6) is 0 Å². The molecule has 0 heterocycles. The first-order valence-electron chi connectivity index (χ1n) is 9.91. The van der Waals surface area contributed by atoms with Crippen LogP contribution < -0.4 is 5.46 Å². The fraction of sp³-hybridized carbons (Fsp3) is 0. The maximum Gasteiger partial charge on any atom is 0.114 e. The van der Waals surface area contributed by atoms with Gasteiger partial charge in [-0.15, -0.1) is 0 Å². The summed E-state index contributed by atoms with van der Waals surface area (Å²) in [6.07, 6.45) is 0. The molecule has 2 radical (unpaired) electrons. The Morgan fingerprint density at radius 3 is 2.00 bits per heavy atom. The summed E-state index contributed by atoms with van der Waals surface area (Å²) in [4.78, 5) is 0. The van der Waals surface area contributed by atoms with Crippen LogP contribution in [-0.2, 0) is 0 Å². The van der Waals surface area contributed by atoms with Crippen LogP contribution in [0.3, 0.4) is 0 Å². The molecule has 0 aliphatic rings. The molecular weight excluding hydrogens is 347 g/mol. The zero-order valence-corrected chi connectivity index (χ0v) is 15.9. The topological polar surface area (TPSA) is 0 Å². The first-order chi connectivity index (χ1) is 14.3. The first kappa shape index (κ1) is 16.4. The summed E-state index contributed by atoms with van der Waals surface area (Å²) in [5.74, 6) is 0. The van der Waals surface area contributed by atoms with Gasteiger partial charge in [0.15, 0.2) is 0 Å². The van der Waals surface area contributed by atoms with Crippen molar-refractivity contribution in [3.63, 3.8) is 0 Å². The fourth-order valence-corrected chi connectivity index (χ4v) is 4.61. The highest BCUT2D eigenvalue weighted by Gasteiger charge is 2.10. The lowest BCUT2D eigenvalue weighted by Crippen LogP contribution is -2.04. The largest absolute Gasteiger partial charge is 0.114 e. The molecule has 0 atom stereocenters. The van der Waals surface area contributed by atoms with Crippen molar-refractivity contribution in [2.75, 3.05) is 0 Å². The van der Waals surface area contributed by atoms with Crippen molar-refractivity contribution < 1.29 is 0 Å². The van der Waals surface area contributed by atoms with Crippen LogP contribution in [0.1, 0.15) is 0 Å². The van der Waals surface area contributed by atoms with Crippen LogP contribution in [0.15, 0.2) is 103 Å². The Morgan fingerprint density at radius 1 is 0.448 bits per heavy atom. The van der Waals surface area contributed by atoms with Gasteiger partial charge in [-0.2, -0.15) is 0 Å². The van der Waals surface area contributed by atoms with E-state index in [1.54, 1.807) is 0 Å². The second-order valence-corrected chi connectivity index (χ2v) is 7.64. The van der Waals surface area contributed by atoms with Gasteiger partial charge in [0.2, 0.25) is 0 Å². The highest BCUT2D eigenvalue weighted by Crippen LogP contribution is 2.34. The quantitative estimate of drug-likeness (QED) is 0.223. The van der Waals surface area contributed by atoms with E-state index in [1.807, 2.05) is 0 Å². The molecule has 0 saturated heterocycles. The van der Waals surface area contributed by atoms with Crippen molar-refractivity contribution in [3.05, 3.63) is 103 Å². The van der Waals surface area contributed by atoms with Gasteiger partial charge in [-0.25, -0.2) is 0 Å². The van der Waals surface area contributed by atoms with Crippen molar-refractivity contribution in [3.8, 4) is 11.1 Å². The van der Waals surface area contributed by atoms with Gasteiger partial charge in [0.05, 0.1) is 0 Å². The van der Waals surface area contributed by atoms with E-state index in [0.29, 0.717) is 0 Å². The Bertz CT molecular complexity index is 1550.